The quantitative estimate of drug-likeness (QED) is 0.832. The summed E-state index contributed by atoms with van der Waals surface area (Å²) in [7, 11) is 3.32. The van der Waals surface area contributed by atoms with Crippen molar-refractivity contribution in [3.8, 4) is 11.5 Å². The number of aromatic nitrogens is 1. The van der Waals surface area contributed by atoms with Gasteiger partial charge in [0.2, 0.25) is 0 Å². The van der Waals surface area contributed by atoms with E-state index in [2.05, 4.69) is 16.0 Å². The van der Waals surface area contributed by atoms with E-state index in [1.54, 1.807) is 20.4 Å². The molecule has 0 N–H and O–H groups in total. The summed E-state index contributed by atoms with van der Waals surface area (Å²) in [5, 5.41) is 0. The second kappa shape index (κ2) is 7.47. The van der Waals surface area contributed by atoms with Gasteiger partial charge in [0, 0.05) is 32.4 Å². The summed E-state index contributed by atoms with van der Waals surface area (Å²) >= 11 is 0. The minimum atomic E-state index is 0.0886. The molecule has 1 aromatic heterocycles. The Morgan fingerprint density at radius 3 is 2.37 bits per heavy atom. The van der Waals surface area contributed by atoms with Crippen LogP contribution in [0.25, 0.3) is 0 Å². The number of pyridine rings is 1. The topological polar surface area (TPSA) is 54.9 Å². The summed E-state index contributed by atoms with van der Waals surface area (Å²) in [6.45, 7) is 3.34. The molecule has 0 bridgehead atoms. The van der Waals surface area contributed by atoms with Crippen LogP contribution in [-0.4, -0.2) is 49.6 Å². The fourth-order valence-corrected chi connectivity index (χ4v) is 3.92. The summed E-state index contributed by atoms with van der Waals surface area (Å²) in [5.74, 6) is 1.60. The van der Waals surface area contributed by atoms with Gasteiger partial charge >= 0.3 is 0 Å². The van der Waals surface area contributed by atoms with Crippen LogP contribution < -0.4 is 14.4 Å². The van der Waals surface area contributed by atoms with Crippen LogP contribution in [0.3, 0.4) is 0 Å². The van der Waals surface area contributed by atoms with Crippen molar-refractivity contribution >= 4 is 11.6 Å². The maximum absolute atomic E-state index is 12.7. The van der Waals surface area contributed by atoms with Crippen molar-refractivity contribution in [3.63, 3.8) is 0 Å². The van der Waals surface area contributed by atoms with Crippen LogP contribution in [0.5, 0.6) is 11.5 Å². The molecular formula is C21H25N3O3. The lowest BCUT2D eigenvalue weighted by Gasteiger charge is -2.31. The van der Waals surface area contributed by atoms with Crippen LogP contribution in [0.2, 0.25) is 0 Å². The highest BCUT2D eigenvalue weighted by Gasteiger charge is 2.23. The molecule has 0 atom stereocenters. The smallest absolute Gasteiger partial charge is 0.255 e. The third-order valence-corrected chi connectivity index (χ3v) is 5.45. The molecular weight excluding hydrogens is 342 g/mol. The van der Waals surface area contributed by atoms with Gasteiger partial charge in [0.05, 0.1) is 31.7 Å². The van der Waals surface area contributed by atoms with Gasteiger partial charge in [-0.05, 0) is 48.6 Å². The first kappa shape index (κ1) is 17.6. The van der Waals surface area contributed by atoms with Crippen LogP contribution in [0.15, 0.2) is 30.6 Å². The number of hydrogen-bond donors (Lipinski definition) is 0. The molecule has 0 saturated carbocycles. The molecule has 6 heteroatoms. The molecule has 142 valence electrons. The highest BCUT2D eigenvalue weighted by Crippen LogP contribution is 2.34. The molecule has 3 heterocycles. The lowest BCUT2D eigenvalue weighted by molar-refractivity contribution is 0.0792. The Bertz CT molecular complexity index is 847. The van der Waals surface area contributed by atoms with E-state index in [0.29, 0.717) is 5.56 Å². The molecule has 0 radical (unpaired) electrons. The molecule has 1 saturated heterocycles. The van der Waals surface area contributed by atoms with Crippen molar-refractivity contribution in [2.75, 3.05) is 38.8 Å². The molecule has 6 nitrogen and oxygen atoms in total. The number of fused-ring (bicyclic) bond motifs is 1. The highest BCUT2D eigenvalue weighted by molar-refractivity contribution is 5.95. The molecule has 1 amide bonds. The molecule has 2 aliphatic rings. The molecule has 1 fully saturated rings. The first-order valence-corrected chi connectivity index (χ1v) is 9.42. The van der Waals surface area contributed by atoms with Crippen molar-refractivity contribution in [1.82, 2.24) is 9.88 Å². The maximum atomic E-state index is 12.7. The van der Waals surface area contributed by atoms with E-state index in [1.807, 2.05) is 23.2 Å². The monoisotopic (exact) mass is 367 g/mol. The van der Waals surface area contributed by atoms with Crippen molar-refractivity contribution in [2.45, 2.75) is 25.8 Å². The number of likely N-dealkylation sites (tertiary alicyclic amines) is 1. The highest BCUT2D eigenvalue weighted by atomic mass is 16.5. The Balaban J connectivity index is 1.57. The average Bonchev–Trinajstić information content (AvgIpc) is 3.26. The zero-order valence-electron chi connectivity index (χ0n) is 15.9. The number of amides is 1. The van der Waals surface area contributed by atoms with Crippen molar-refractivity contribution < 1.29 is 14.3 Å². The van der Waals surface area contributed by atoms with Crippen LogP contribution in [0.4, 0.5) is 5.69 Å². The fourth-order valence-electron chi connectivity index (χ4n) is 3.92. The Morgan fingerprint density at radius 1 is 0.963 bits per heavy atom. The zero-order valence-corrected chi connectivity index (χ0v) is 15.9. The third kappa shape index (κ3) is 3.44. The predicted molar refractivity (Wildman–Crippen MR) is 104 cm³/mol. The van der Waals surface area contributed by atoms with E-state index in [9.17, 15) is 4.79 Å². The lowest BCUT2D eigenvalue weighted by atomic mass is 9.98. The van der Waals surface area contributed by atoms with Crippen LogP contribution in [0.1, 0.15) is 34.3 Å². The number of ether oxygens (including phenoxy) is 2. The van der Waals surface area contributed by atoms with E-state index >= 15 is 0 Å². The molecule has 0 unspecified atom stereocenters. The van der Waals surface area contributed by atoms with Crippen LogP contribution >= 0.6 is 0 Å². The van der Waals surface area contributed by atoms with E-state index < -0.39 is 0 Å². The summed E-state index contributed by atoms with van der Waals surface area (Å²) in [4.78, 5) is 21.2. The number of rotatable bonds is 4. The number of methoxy groups -OCH3 is 2. The van der Waals surface area contributed by atoms with Gasteiger partial charge < -0.3 is 19.3 Å². The molecule has 0 spiro atoms. The molecule has 4 rings (SSSR count). The van der Waals surface area contributed by atoms with Crippen LogP contribution in [-0.2, 0) is 13.0 Å². The summed E-state index contributed by atoms with van der Waals surface area (Å²) < 4.78 is 10.9. The summed E-state index contributed by atoms with van der Waals surface area (Å²) in [5.41, 5.74) is 4.16. The number of benzene rings is 1. The predicted octanol–water partition coefficient (Wildman–Crippen LogP) is 2.90. The van der Waals surface area contributed by atoms with Crippen molar-refractivity contribution in [3.05, 3.63) is 47.3 Å². The van der Waals surface area contributed by atoms with Gasteiger partial charge in [0.15, 0.2) is 11.5 Å². The molecule has 2 aromatic rings. The Morgan fingerprint density at radius 2 is 1.67 bits per heavy atom. The van der Waals surface area contributed by atoms with Gasteiger partial charge in [-0.2, -0.15) is 0 Å². The number of nitrogens with zero attached hydrogens (tertiary/aromatic N) is 3. The Labute approximate surface area is 159 Å². The summed E-state index contributed by atoms with van der Waals surface area (Å²) in [6, 6.07) is 6.09. The fraction of sp³-hybridized carbons (Fsp3) is 0.429. The van der Waals surface area contributed by atoms with Gasteiger partial charge in [-0.3, -0.25) is 9.78 Å². The Kier molecular flexibility index (Phi) is 4.88. The van der Waals surface area contributed by atoms with Crippen molar-refractivity contribution in [2.24, 2.45) is 0 Å². The van der Waals surface area contributed by atoms with Crippen molar-refractivity contribution in [1.29, 1.82) is 0 Å². The van der Waals surface area contributed by atoms with Crippen LogP contribution in [0, 0.1) is 0 Å². The number of anilines is 1. The normalized spacial score (nSPS) is 16.2. The Hall–Kier alpha value is -2.76. The second-order valence-corrected chi connectivity index (χ2v) is 7.08. The molecule has 1 aromatic carbocycles. The number of carbonyl (C=O) groups excluding carboxylic acids is 1. The molecule has 27 heavy (non-hydrogen) atoms. The number of hydrogen-bond acceptors (Lipinski definition) is 5. The SMILES string of the molecule is COc1cc2c(cc1OC)CN(c1cncc(C(=O)N3CCCC3)c1)CC2. The lowest BCUT2D eigenvalue weighted by Crippen LogP contribution is -2.31. The largest absolute Gasteiger partial charge is 0.493 e. The second-order valence-electron chi connectivity index (χ2n) is 7.08. The first-order valence-electron chi connectivity index (χ1n) is 9.42. The van der Waals surface area contributed by atoms with E-state index in [1.165, 1.54) is 11.1 Å². The third-order valence-electron chi connectivity index (χ3n) is 5.45. The van der Waals surface area contributed by atoms with Gasteiger partial charge in [0.25, 0.3) is 5.91 Å². The van der Waals surface area contributed by atoms with E-state index in [4.69, 9.17) is 9.47 Å². The minimum absolute atomic E-state index is 0.0886. The van der Waals surface area contributed by atoms with Gasteiger partial charge in [-0.25, -0.2) is 0 Å². The van der Waals surface area contributed by atoms with E-state index in [0.717, 1.165) is 62.6 Å². The van der Waals surface area contributed by atoms with Gasteiger partial charge in [-0.15, -0.1) is 0 Å². The van der Waals surface area contributed by atoms with Gasteiger partial charge in [0.1, 0.15) is 0 Å². The summed E-state index contributed by atoms with van der Waals surface area (Å²) in [6.07, 6.45) is 6.61. The van der Waals surface area contributed by atoms with Gasteiger partial charge in [-0.1, -0.05) is 0 Å². The standard InChI is InChI=1S/C21H25N3O3/c1-26-19-10-15-5-8-24(14-17(15)11-20(19)27-2)18-9-16(12-22-13-18)21(25)23-6-3-4-7-23/h9-13H,3-8,14H2,1-2H3. The molecule has 2 aliphatic heterocycles. The minimum Gasteiger partial charge on any atom is -0.493 e. The number of carbonyl (C=O) groups is 1. The van der Waals surface area contributed by atoms with E-state index in [-0.39, 0.29) is 5.91 Å². The average molecular weight is 367 g/mol. The first-order chi connectivity index (χ1) is 13.2. The molecule has 0 aliphatic carbocycles. The zero-order chi connectivity index (χ0) is 18.8. The maximum Gasteiger partial charge on any atom is 0.255 e.